The maximum Gasteiger partial charge on any atom is 0.658 e. The number of hydrogen-bond donors (Lipinski definition) is 2. The van der Waals surface area contributed by atoms with Crippen LogP contribution in [0.15, 0.2) is 36.7 Å². The smallest absolute Gasteiger partial charge is 0.525 e. The molecule has 17 heavy (non-hydrogen) atoms. The Morgan fingerprint density at radius 2 is 1.29 bits per heavy atom. The predicted octanol–water partition coefficient (Wildman–Crippen LogP) is 0.633. The largest absolute Gasteiger partial charge is 0.658 e. The maximum atomic E-state index is 5.43. The van der Waals surface area contributed by atoms with Crippen LogP contribution < -0.4 is 20.8 Å². The van der Waals surface area contributed by atoms with E-state index in [-0.39, 0.29) is 0 Å². The second-order valence-electron chi connectivity index (χ2n) is 3.17. The monoisotopic (exact) mass is 229 g/mol. The third kappa shape index (κ3) is 3.27. The van der Waals surface area contributed by atoms with Crippen molar-refractivity contribution in [2.45, 2.75) is 0 Å². The van der Waals surface area contributed by atoms with Crippen molar-refractivity contribution in [3.63, 3.8) is 0 Å². The van der Waals surface area contributed by atoms with Gasteiger partial charge in [-0.05, 0) is 24.3 Å². The van der Waals surface area contributed by atoms with Crippen molar-refractivity contribution in [1.82, 2.24) is 9.97 Å². The highest BCUT2D eigenvalue weighted by atomic mass is 16.6. The first kappa shape index (κ1) is 11.1. The van der Waals surface area contributed by atoms with Crippen LogP contribution in [0.5, 0.6) is 11.5 Å². The van der Waals surface area contributed by atoms with Gasteiger partial charge < -0.3 is 20.8 Å². The van der Waals surface area contributed by atoms with Crippen molar-refractivity contribution in [1.29, 1.82) is 0 Å². The first-order chi connectivity index (χ1) is 8.24. The molecule has 0 bridgehead atoms. The highest BCUT2D eigenvalue weighted by molar-refractivity contribution is 6.20. The summed E-state index contributed by atoms with van der Waals surface area (Å²) in [4.78, 5) is 7.73. The van der Waals surface area contributed by atoms with E-state index in [0.717, 1.165) is 0 Å². The molecule has 0 aliphatic rings. The lowest BCUT2D eigenvalue weighted by atomic mass is 10.3. The molecule has 0 aliphatic heterocycles. The molecule has 2 aromatic rings. The number of nitrogens with zero attached hydrogens (tertiary/aromatic N) is 2. The van der Waals surface area contributed by atoms with E-state index in [1.807, 2.05) is 0 Å². The molecule has 4 N–H and O–H groups in total. The van der Waals surface area contributed by atoms with Gasteiger partial charge in [0.15, 0.2) is 0 Å². The van der Waals surface area contributed by atoms with E-state index in [2.05, 4.69) is 9.97 Å². The third-order valence-corrected chi connectivity index (χ3v) is 1.89. The van der Waals surface area contributed by atoms with E-state index in [0.29, 0.717) is 23.1 Å². The van der Waals surface area contributed by atoms with Gasteiger partial charge in [0.05, 0.1) is 12.4 Å². The van der Waals surface area contributed by atoms with E-state index < -0.39 is 0 Å². The molecule has 85 valence electrons. The Morgan fingerprint density at radius 3 is 1.65 bits per heavy atom. The zero-order valence-electron chi connectivity index (χ0n) is 8.91. The molecule has 2 rings (SSSR count). The summed E-state index contributed by atoms with van der Waals surface area (Å²) in [5, 5.41) is 0. The minimum atomic E-state index is 0.431. The average Bonchev–Trinajstić information content (AvgIpc) is 2.34. The van der Waals surface area contributed by atoms with Gasteiger partial charge in [-0.3, -0.25) is 0 Å². The van der Waals surface area contributed by atoms with Crippen LogP contribution in [0.2, 0.25) is 0 Å². The van der Waals surface area contributed by atoms with Gasteiger partial charge in [-0.2, -0.15) is 0 Å². The van der Waals surface area contributed by atoms with Crippen molar-refractivity contribution in [3.05, 3.63) is 36.7 Å². The number of rotatable bonds is 4. The normalized spacial score (nSPS) is 9.65. The van der Waals surface area contributed by atoms with E-state index in [1.165, 1.54) is 20.1 Å². The van der Waals surface area contributed by atoms with Crippen LogP contribution in [0.25, 0.3) is 0 Å². The SMILES string of the molecule is Nc1ccc(O[B]Oc2ccc(N)nc2)cn1. The van der Waals surface area contributed by atoms with Crippen LogP contribution >= 0.6 is 0 Å². The first-order valence-corrected chi connectivity index (χ1v) is 4.82. The van der Waals surface area contributed by atoms with E-state index in [9.17, 15) is 0 Å². The molecule has 0 unspecified atom stereocenters. The minimum Gasteiger partial charge on any atom is -0.525 e. The number of aromatic nitrogens is 2. The van der Waals surface area contributed by atoms with Gasteiger partial charge in [-0.1, -0.05) is 0 Å². The zero-order valence-corrected chi connectivity index (χ0v) is 8.91. The fraction of sp³-hybridized carbons (Fsp3) is 0. The van der Waals surface area contributed by atoms with Crippen LogP contribution in [-0.4, -0.2) is 17.7 Å². The van der Waals surface area contributed by atoms with Crippen LogP contribution in [0.1, 0.15) is 0 Å². The number of nitrogen functional groups attached to an aromatic ring is 2. The van der Waals surface area contributed by atoms with E-state index in [1.54, 1.807) is 24.3 Å². The van der Waals surface area contributed by atoms with Gasteiger partial charge in [-0.25, -0.2) is 9.97 Å². The van der Waals surface area contributed by atoms with Crippen molar-refractivity contribution >= 4 is 19.3 Å². The Balaban J connectivity index is 1.83. The second kappa shape index (κ2) is 5.06. The summed E-state index contributed by atoms with van der Waals surface area (Å²) in [6.45, 7) is 0. The number of hydrogen-bond acceptors (Lipinski definition) is 6. The zero-order chi connectivity index (χ0) is 12.1. The fourth-order valence-corrected chi connectivity index (χ4v) is 1.06. The Morgan fingerprint density at radius 1 is 0.824 bits per heavy atom. The van der Waals surface area contributed by atoms with Crippen molar-refractivity contribution in [2.24, 2.45) is 0 Å². The molecular weight excluding hydrogens is 219 g/mol. The number of anilines is 2. The van der Waals surface area contributed by atoms with Gasteiger partial charge in [0.2, 0.25) is 0 Å². The van der Waals surface area contributed by atoms with Crippen LogP contribution in [0.3, 0.4) is 0 Å². The maximum absolute atomic E-state index is 5.43. The van der Waals surface area contributed by atoms with Gasteiger partial charge in [0.25, 0.3) is 0 Å². The molecule has 6 nitrogen and oxygen atoms in total. The molecule has 0 spiro atoms. The highest BCUT2D eigenvalue weighted by Gasteiger charge is 2.02. The molecule has 1 radical (unpaired) electrons. The molecule has 2 aromatic heterocycles. The Labute approximate surface area is 98.9 Å². The van der Waals surface area contributed by atoms with E-state index >= 15 is 0 Å². The van der Waals surface area contributed by atoms with Crippen molar-refractivity contribution < 1.29 is 9.31 Å². The molecule has 0 amide bonds. The van der Waals surface area contributed by atoms with Gasteiger partial charge in [0, 0.05) is 0 Å². The average molecular weight is 229 g/mol. The highest BCUT2D eigenvalue weighted by Crippen LogP contribution is 2.11. The van der Waals surface area contributed by atoms with Crippen LogP contribution in [0, 0.1) is 0 Å². The Bertz CT molecular complexity index is 429. The molecule has 0 fully saturated rings. The molecular formula is C10H10BN4O2. The van der Waals surface area contributed by atoms with Crippen LogP contribution in [0.4, 0.5) is 11.6 Å². The summed E-state index contributed by atoms with van der Waals surface area (Å²) in [6, 6.07) is 6.63. The lowest BCUT2D eigenvalue weighted by Gasteiger charge is -2.05. The molecule has 0 saturated carbocycles. The number of pyridine rings is 2. The van der Waals surface area contributed by atoms with E-state index in [4.69, 9.17) is 20.8 Å². The predicted molar refractivity (Wildman–Crippen MR) is 64.3 cm³/mol. The van der Waals surface area contributed by atoms with Crippen molar-refractivity contribution in [3.8, 4) is 11.5 Å². The summed E-state index contributed by atoms with van der Waals surface area (Å²) in [5.74, 6) is 1.92. The minimum absolute atomic E-state index is 0.431. The standard InChI is InChI=1S/C10H10BN4O2/c12-9-3-1-7(5-14-9)16-11-17-8-2-4-10(13)15-6-8/h1-6H,(H2,12,14)(H2,13,15). The molecule has 0 atom stereocenters. The summed E-state index contributed by atoms with van der Waals surface area (Å²) in [6.07, 6.45) is 2.99. The molecule has 0 saturated heterocycles. The second-order valence-corrected chi connectivity index (χ2v) is 3.17. The van der Waals surface area contributed by atoms with Gasteiger partial charge in [0.1, 0.15) is 23.1 Å². The summed E-state index contributed by atoms with van der Waals surface area (Å²) >= 11 is 0. The quantitative estimate of drug-likeness (QED) is 0.746. The Hall–Kier alpha value is -2.44. The van der Waals surface area contributed by atoms with Crippen molar-refractivity contribution in [2.75, 3.05) is 11.5 Å². The van der Waals surface area contributed by atoms with Gasteiger partial charge in [-0.15, -0.1) is 0 Å². The molecule has 2 heterocycles. The lowest BCUT2D eigenvalue weighted by Crippen LogP contribution is -2.11. The summed E-state index contributed by atoms with van der Waals surface area (Å²) in [5.41, 5.74) is 10.9. The number of nitrogens with two attached hydrogens (primary N) is 2. The fourth-order valence-electron chi connectivity index (χ4n) is 1.06. The molecule has 0 aromatic carbocycles. The first-order valence-electron chi connectivity index (χ1n) is 4.82. The Kier molecular flexibility index (Phi) is 3.30. The molecule has 7 heteroatoms. The third-order valence-electron chi connectivity index (χ3n) is 1.89. The summed E-state index contributed by atoms with van der Waals surface area (Å²) in [7, 11) is 1.18. The van der Waals surface area contributed by atoms with Crippen LogP contribution in [-0.2, 0) is 0 Å². The topological polar surface area (TPSA) is 96.3 Å². The summed E-state index contributed by atoms with van der Waals surface area (Å²) < 4.78 is 10.3. The van der Waals surface area contributed by atoms with Gasteiger partial charge >= 0.3 is 7.69 Å². The molecule has 0 aliphatic carbocycles. The lowest BCUT2D eigenvalue weighted by molar-refractivity contribution is 0.457.